The summed E-state index contributed by atoms with van der Waals surface area (Å²) in [7, 11) is 1.94. The van der Waals surface area contributed by atoms with Crippen molar-refractivity contribution < 1.29 is 9.47 Å². The topological polar surface area (TPSA) is 48.3 Å². The number of aromatic nitrogens is 2. The summed E-state index contributed by atoms with van der Waals surface area (Å²) < 4.78 is 12.9. The Morgan fingerprint density at radius 3 is 2.85 bits per heavy atom. The van der Waals surface area contributed by atoms with Crippen LogP contribution >= 0.6 is 0 Å². The van der Waals surface area contributed by atoms with E-state index < -0.39 is 0 Å². The standard InChI is InChI=1S/C15H19N3O2/c1-18-7-5-13(17-18)4-6-16-11-12-2-3-14-15(10-12)20-9-8-19-14/h2-3,5,7,10,16H,4,6,8-9,11H2,1H3. The first-order valence-corrected chi connectivity index (χ1v) is 6.89. The Balaban J connectivity index is 1.48. The zero-order valence-corrected chi connectivity index (χ0v) is 11.6. The second-order valence-electron chi connectivity index (χ2n) is 4.89. The van der Waals surface area contributed by atoms with Gasteiger partial charge in [0.05, 0.1) is 5.69 Å². The van der Waals surface area contributed by atoms with Crippen molar-refractivity contribution in [3.8, 4) is 11.5 Å². The predicted molar refractivity (Wildman–Crippen MR) is 76.1 cm³/mol. The lowest BCUT2D eigenvalue weighted by Crippen LogP contribution is -2.18. The fourth-order valence-electron chi connectivity index (χ4n) is 2.24. The van der Waals surface area contributed by atoms with Gasteiger partial charge in [-0.3, -0.25) is 4.68 Å². The second kappa shape index (κ2) is 5.96. The summed E-state index contributed by atoms with van der Waals surface area (Å²) in [6.07, 6.45) is 2.90. The molecule has 0 atom stereocenters. The highest BCUT2D eigenvalue weighted by molar-refractivity contribution is 5.43. The number of rotatable bonds is 5. The van der Waals surface area contributed by atoms with Gasteiger partial charge in [-0.1, -0.05) is 6.07 Å². The van der Waals surface area contributed by atoms with E-state index in [0.717, 1.165) is 36.7 Å². The first kappa shape index (κ1) is 13.0. The Hall–Kier alpha value is -2.01. The van der Waals surface area contributed by atoms with E-state index in [1.54, 1.807) is 0 Å². The molecule has 2 heterocycles. The van der Waals surface area contributed by atoms with Gasteiger partial charge in [-0.2, -0.15) is 5.10 Å². The van der Waals surface area contributed by atoms with Gasteiger partial charge in [0.2, 0.25) is 0 Å². The molecule has 1 N–H and O–H groups in total. The average Bonchev–Trinajstić information content (AvgIpc) is 2.89. The van der Waals surface area contributed by atoms with Crippen molar-refractivity contribution in [1.82, 2.24) is 15.1 Å². The number of nitrogens with zero attached hydrogens (tertiary/aromatic N) is 2. The molecule has 0 radical (unpaired) electrons. The minimum Gasteiger partial charge on any atom is -0.486 e. The van der Waals surface area contributed by atoms with E-state index in [4.69, 9.17) is 9.47 Å². The fourth-order valence-corrected chi connectivity index (χ4v) is 2.24. The van der Waals surface area contributed by atoms with E-state index in [1.807, 2.05) is 36.1 Å². The largest absolute Gasteiger partial charge is 0.486 e. The summed E-state index contributed by atoms with van der Waals surface area (Å²) in [5, 5.41) is 7.77. The second-order valence-corrected chi connectivity index (χ2v) is 4.89. The quantitative estimate of drug-likeness (QED) is 0.839. The SMILES string of the molecule is Cn1ccc(CCNCc2ccc3c(c2)OCCO3)n1. The van der Waals surface area contributed by atoms with Crippen LogP contribution in [-0.2, 0) is 20.0 Å². The van der Waals surface area contributed by atoms with Gasteiger partial charge >= 0.3 is 0 Å². The summed E-state index contributed by atoms with van der Waals surface area (Å²) in [5.41, 5.74) is 2.32. The third-order valence-electron chi connectivity index (χ3n) is 3.26. The summed E-state index contributed by atoms with van der Waals surface area (Å²) in [4.78, 5) is 0. The maximum absolute atomic E-state index is 5.58. The normalized spacial score (nSPS) is 13.4. The number of nitrogens with one attached hydrogen (secondary N) is 1. The van der Waals surface area contributed by atoms with Crippen LogP contribution in [0.1, 0.15) is 11.3 Å². The Bertz CT molecular complexity index is 580. The van der Waals surface area contributed by atoms with Gasteiger partial charge in [0, 0.05) is 32.8 Å². The number of aryl methyl sites for hydroxylation is 1. The molecule has 0 spiro atoms. The molecular formula is C15H19N3O2. The van der Waals surface area contributed by atoms with Crippen LogP contribution in [0.15, 0.2) is 30.5 Å². The van der Waals surface area contributed by atoms with Gasteiger partial charge in [-0.05, 0) is 23.8 Å². The maximum Gasteiger partial charge on any atom is 0.161 e. The van der Waals surface area contributed by atoms with Crippen LogP contribution in [0.5, 0.6) is 11.5 Å². The molecular weight excluding hydrogens is 254 g/mol. The molecule has 1 aliphatic heterocycles. The van der Waals surface area contributed by atoms with Crippen molar-refractivity contribution in [2.24, 2.45) is 7.05 Å². The van der Waals surface area contributed by atoms with Crippen LogP contribution in [0.25, 0.3) is 0 Å². The van der Waals surface area contributed by atoms with E-state index in [9.17, 15) is 0 Å². The summed E-state index contributed by atoms with van der Waals surface area (Å²) >= 11 is 0. The summed E-state index contributed by atoms with van der Waals surface area (Å²) in [6, 6.07) is 8.14. The zero-order valence-electron chi connectivity index (χ0n) is 11.6. The van der Waals surface area contributed by atoms with E-state index in [0.29, 0.717) is 13.2 Å². The van der Waals surface area contributed by atoms with Gasteiger partial charge in [-0.25, -0.2) is 0 Å². The molecule has 1 aliphatic rings. The van der Waals surface area contributed by atoms with Gasteiger partial charge in [0.1, 0.15) is 13.2 Å². The number of fused-ring (bicyclic) bond motifs is 1. The van der Waals surface area contributed by atoms with Gasteiger partial charge in [0.15, 0.2) is 11.5 Å². The molecule has 2 aromatic rings. The number of hydrogen-bond acceptors (Lipinski definition) is 4. The maximum atomic E-state index is 5.58. The van der Waals surface area contributed by atoms with Crippen molar-refractivity contribution in [1.29, 1.82) is 0 Å². The molecule has 1 aromatic heterocycles. The molecule has 3 rings (SSSR count). The molecule has 0 fully saturated rings. The average molecular weight is 273 g/mol. The first-order chi connectivity index (χ1) is 9.81. The number of ether oxygens (including phenoxy) is 2. The lowest BCUT2D eigenvalue weighted by Gasteiger charge is -2.18. The third-order valence-corrected chi connectivity index (χ3v) is 3.26. The number of benzene rings is 1. The molecule has 0 aliphatic carbocycles. The van der Waals surface area contributed by atoms with Crippen molar-refractivity contribution in [2.45, 2.75) is 13.0 Å². The number of hydrogen-bond donors (Lipinski definition) is 1. The Kier molecular flexibility index (Phi) is 3.87. The van der Waals surface area contributed by atoms with Crippen LogP contribution in [0.2, 0.25) is 0 Å². The van der Waals surface area contributed by atoms with Gasteiger partial charge in [0.25, 0.3) is 0 Å². The molecule has 1 aromatic carbocycles. The predicted octanol–water partition coefficient (Wildman–Crippen LogP) is 1.52. The Labute approximate surface area is 118 Å². The smallest absolute Gasteiger partial charge is 0.161 e. The Morgan fingerprint density at radius 1 is 1.20 bits per heavy atom. The van der Waals surface area contributed by atoms with Crippen LogP contribution in [0.4, 0.5) is 0 Å². The molecule has 0 bridgehead atoms. The Morgan fingerprint density at radius 2 is 2.05 bits per heavy atom. The van der Waals surface area contributed by atoms with Crippen LogP contribution in [0, 0.1) is 0 Å². The molecule has 20 heavy (non-hydrogen) atoms. The molecule has 0 amide bonds. The van der Waals surface area contributed by atoms with Crippen molar-refractivity contribution in [3.05, 3.63) is 41.7 Å². The van der Waals surface area contributed by atoms with Crippen LogP contribution < -0.4 is 14.8 Å². The van der Waals surface area contributed by atoms with Crippen molar-refractivity contribution >= 4 is 0 Å². The summed E-state index contributed by atoms with van der Waals surface area (Å²) in [5.74, 6) is 1.69. The highest BCUT2D eigenvalue weighted by atomic mass is 16.6. The van der Waals surface area contributed by atoms with Gasteiger partial charge in [-0.15, -0.1) is 0 Å². The van der Waals surface area contributed by atoms with E-state index >= 15 is 0 Å². The van der Waals surface area contributed by atoms with Crippen molar-refractivity contribution in [3.63, 3.8) is 0 Å². The molecule has 0 saturated carbocycles. The molecule has 106 valence electrons. The first-order valence-electron chi connectivity index (χ1n) is 6.89. The fraction of sp³-hybridized carbons (Fsp3) is 0.400. The lowest BCUT2D eigenvalue weighted by molar-refractivity contribution is 0.171. The summed E-state index contributed by atoms with van der Waals surface area (Å²) in [6.45, 7) is 2.99. The third kappa shape index (κ3) is 3.11. The van der Waals surface area contributed by atoms with Crippen LogP contribution in [-0.4, -0.2) is 29.5 Å². The molecule has 0 unspecified atom stereocenters. The zero-order chi connectivity index (χ0) is 13.8. The van der Waals surface area contributed by atoms with Crippen molar-refractivity contribution in [2.75, 3.05) is 19.8 Å². The van der Waals surface area contributed by atoms with Gasteiger partial charge < -0.3 is 14.8 Å². The highest BCUT2D eigenvalue weighted by Crippen LogP contribution is 2.30. The molecule has 0 saturated heterocycles. The van der Waals surface area contributed by atoms with E-state index in [1.165, 1.54) is 5.56 Å². The lowest BCUT2D eigenvalue weighted by atomic mass is 10.2. The monoisotopic (exact) mass is 273 g/mol. The van der Waals surface area contributed by atoms with E-state index in [-0.39, 0.29) is 0 Å². The van der Waals surface area contributed by atoms with Crippen LogP contribution in [0.3, 0.4) is 0 Å². The molecule has 5 heteroatoms. The minimum atomic E-state index is 0.629. The molecule has 5 nitrogen and oxygen atoms in total. The minimum absolute atomic E-state index is 0.629. The highest BCUT2D eigenvalue weighted by Gasteiger charge is 2.11. The van der Waals surface area contributed by atoms with E-state index in [2.05, 4.69) is 16.5 Å².